The van der Waals surface area contributed by atoms with Crippen LogP contribution in [-0.2, 0) is 39.5 Å². The lowest BCUT2D eigenvalue weighted by Gasteiger charge is -2.31. The number of aliphatic hydroxyl groups is 1. The Hall–Kier alpha value is -3.63. The number of hydrogen-bond donors (Lipinski definition) is 3. The Morgan fingerprint density at radius 1 is 1.28 bits per heavy atom. The zero-order chi connectivity index (χ0) is 27.2. The van der Waals surface area contributed by atoms with Gasteiger partial charge in [-0.2, -0.15) is 0 Å². The molecule has 0 unspecified atom stereocenters. The minimum absolute atomic E-state index is 0.0438. The summed E-state index contributed by atoms with van der Waals surface area (Å²) in [4.78, 5) is 44.2. The van der Waals surface area contributed by atoms with Crippen LogP contribution in [0.15, 0.2) is 16.9 Å². The Morgan fingerprint density at radius 3 is 2.85 bits per heavy atom. The molecule has 3 atom stereocenters. The van der Waals surface area contributed by atoms with Gasteiger partial charge in [-0.15, -0.1) is 0 Å². The van der Waals surface area contributed by atoms with Crippen molar-refractivity contribution >= 4 is 22.8 Å². The number of aromatic nitrogens is 2. The number of benzene rings is 1. The number of ether oxygens (including phenoxy) is 1. The fraction of sp³-hybridized carbons (Fsp3) is 0.448. The molecule has 9 nitrogen and oxygen atoms in total. The highest BCUT2D eigenvalue weighted by molar-refractivity contribution is 5.94. The number of carbonyl (C=O) groups excluding carboxylic acids is 2. The van der Waals surface area contributed by atoms with Crippen molar-refractivity contribution in [2.24, 2.45) is 0 Å². The minimum atomic E-state index is -1.93. The number of esters is 1. The van der Waals surface area contributed by atoms with Gasteiger partial charge in [0.25, 0.3) is 5.56 Å². The van der Waals surface area contributed by atoms with Crippen molar-refractivity contribution in [3.63, 3.8) is 0 Å². The lowest BCUT2D eigenvalue weighted by atomic mass is 9.81. The lowest BCUT2D eigenvalue weighted by molar-refractivity contribution is -0.172. The summed E-state index contributed by atoms with van der Waals surface area (Å²) in [5, 5.41) is 18.5. The molecule has 202 valence electrons. The van der Waals surface area contributed by atoms with E-state index in [9.17, 15) is 19.5 Å². The van der Waals surface area contributed by atoms with Crippen molar-refractivity contribution in [2.75, 3.05) is 6.54 Å². The topological polar surface area (TPSA) is 123 Å². The van der Waals surface area contributed by atoms with Gasteiger partial charge in [0.15, 0.2) is 5.60 Å². The summed E-state index contributed by atoms with van der Waals surface area (Å²) in [5.41, 5.74) is 2.72. The van der Waals surface area contributed by atoms with Crippen LogP contribution in [0.3, 0.4) is 0 Å². The highest BCUT2D eigenvalue weighted by Crippen LogP contribution is 2.46. The highest BCUT2D eigenvalue weighted by Gasteiger charge is 2.46. The van der Waals surface area contributed by atoms with Gasteiger partial charge in [-0.05, 0) is 68.3 Å². The van der Waals surface area contributed by atoms with Crippen LogP contribution in [0.4, 0.5) is 4.39 Å². The SMILES string of the molecule is CC[C@]1(O)C(=O)OCc2c1cc1n(c2=O)Cc2c-1nc1cc(F)c(C)c3c1c2[C@H](NC(=O)[C@@H]1CCCN1)CC3. The van der Waals surface area contributed by atoms with Gasteiger partial charge >= 0.3 is 5.97 Å². The maximum atomic E-state index is 15.0. The molecule has 3 aromatic rings. The molecule has 5 heterocycles. The maximum Gasteiger partial charge on any atom is 0.343 e. The van der Waals surface area contributed by atoms with Gasteiger partial charge in [-0.25, -0.2) is 14.2 Å². The van der Waals surface area contributed by atoms with Crippen molar-refractivity contribution in [3.8, 4) is 11.4 Å². The molecule has 3 N–H and O–H groups in total. The second kappa shape index (κ2) is 8.43. The average molecular weight is 533 g/mol. The number of carbonyl (C=O) groups is 2. The molecule has 1 saturated heterocycles. The quantitative estimate of drug-likeness (QED) is 0.346. The van der Waals surface area contributed by atoms with Crippen molar-refractivity contribution < 1.29 is 23.8 Å². The van der Waals surface area contributed by atoms with Crippen LogP contribution < -0.4 is 16.2 Å². The molecule has 0 spiro atoms. The molecule has 4 aliphatic rings. The van der Waals surface area contributed by atoms with Gasteiger partial charge in [0.2, 0.25) is 5.91 Å². The summed E-state index contributed by atoms with van der Waals surface area (Å²) in [6.07, 6.45) is 2.96. The van der Waals surface area contributed by atoms with Crippen molar-refractivity contribution in [1.29, 1.82) is 0 Å². The van der Waals surface area contributed by atoms with E-state index in [4.69, 9.17) is 9.72 Å². The van der Waals surface area contributed by atoms with Crippen molar-refractivity contribution in [2.45, 2.75) is 76.8 Å². The monoisotopic (exact) mass is 532 g/mol. The summed E-state index contributed by atoms with van der Waals surface area (Å²) >= 11 is 0. The number of halogens is 1. The summed E-state index contributed by atoms with van der Waals surface area (Å²) < 4.78 is 21.8. The molecule has 7 rings (SSSR count). The summed E-state index contributed by atoms with van der Waals surface area (Å²) in [7, 11) is 0. The third-order valence-electron chi connectivity index (χ3n) is 9.07. The second-order valence-electron chi connectivity index (χ2n) is 11.1. The van der Waals surface area contributed by atoms with Crippen LogP contribution >= 0.6 is 0 Å². The van der Waals surface area contributed by atoms with Crippen molar-refractivity contribution in [3.05, 3.63) is 61.7 Å². The minimum Gasteiger partial charge on any atom is -0.458 e. The zero-order valence-electron chi connectivity index (χ0n) is 21.8. The summed E-state index contributed by atoms with van der Waals surface area (Å²) in [6.45, 7) is 4.23. The number of rotatable bonds is 3. The molecule has 0 bridgehead atoms. The fourth-order valence-electron chi connectivity index (χ4n) is 6.88. The molecule has 39 heavy (non-hydrogen) atoms. The Labute approximate surface area is 223 Å². The second-order valence-corrected chi connectivity index (χ2v) is 11.1. The molecule has 2 aromatic heterocycles. The Morgan fingerprint density at radius 2 is 2.10 bits per heavy atom. The van der Waals surface area contributed by atoms with E-state index in [2.05, 4.69) is 10.6 Å². The number of fused-ring (bicyclic) bond motifs is 5. The highest BCUT2D eigenvalue weighted by atomic mass is 19.1. The predicted octanol–water partition coefficient (Wildman–Crippen LogP) is 2.38. The third kappa shape index (κ3) is 3.31. The Balaban J connectivity index is 1.46. The number of nitrogens with one attached hydrogen (secondary N) is 2. The number of nitrogens with zero attached hydrogens (tertiary/aromatic N) is 2. The van der Waals surface area contributed by atoms with Gasteiger partial charge in [-0.1, -0.05) is 6.92 Å². The molecular formula is C29H29FN4O5. The van der Waals surface area contributed by atoms with Gasteiger partial charge in [0, 0.05) is 22.6 Å². The number of pyridine rings is 2. The average Bonchev–Trinajstić information content (AvgIpc) is 3.59. The van der Waals surface area contributed by atoms with E-state index in [1.807, 2.05) is 0 Å². The molecule has 1 fully saturated rings. The molecule has 0 saturated carbocycles. The number of amides is 1. The smallest absolute Gasteiger partial charge is 0.343 e. The fourth-order valence-corrected chi connectivity index (χ4v) is 6.88. The molecule has 3 aliphatic heterocycles. The van der Waals surface area contributed by atoms with Crippen LogP contribution in [0.2, 0.25) is 0 Å². The van der Waals surface area contributed by atoms with E-state index >= 15 is 4.39 Å². The molecule has 10 heteroatoms. The largest absolute Gasteiger partial charge is 0.458 e. The molecule has 1 aromatic carbocycles. The van der Waals surface area contributed by atoms with Gasteiger partial charge in [0.1, 0.15) is 12.4 Å². The van der Waals surface area contributed by atoms with Gasteiger partial charge in [0.05, 0.1) is 41.1 Å². The zero-order valence-corrected chi connectivity index (χ0v) is 21.8. The van der Waals surface area contributed by atoms with E-state index < -0.39 is 11.6 Å². The van der Waals surface area contributed by atoms with Crippen LogP contribution in [0.5, 0.6) is 0 Å². The summed E-state index contributed by atoms with van der Waals surface area (Å²) in [5.74, 6) is -1.20. The van der Waals surface area contributed by atoms with Crippen LogP contribution in [-0.4, -0.2) is 39.1 Å². The predicted molar refractivity (Wildman–Crippen MR) is 139 cm³/mol. The first-order chi connectivity index (χ1) is 18.7. The number of hydrogen-bond acceptors (Lipinski definition) is 7. The van der Waals surface area contributed by atoms with E-state index in [1.165, 1.54) is 6.07 Å². The van der Waals surface area contributed by atoms with E-state index in [1.54, 1.807) is 24.5 Å². The van der Waals surface area contributed by atoms with Crippen LogP contribution in [0.25, 0.3) is 22.3 Å². The third-order valence-corrected chi connectivity index (χ3v) is 9.07. The maximum absolute atomic E-state index is 15.0. The van der Waals surface area contributed by atoms with Gasteiger partial charge < -0.3 is 25.0 Å². The molecule has 0 radical (unpaired) electrons. The first-order valence-electron chi connectivity index (χ1n) is 13.6. The van der Waals surface area contributed by atoms with E-state index in [-0.39, 0.29) is 60.1 Å². The molecular weight excluding hydrogens is 503 g/mol. The number of aryl methyl sites for hydroxylation is 1. The summed E-state index contributed by atoms with van der Waals surface area (Å²) in [6, 6.07) is 2.50. The van der Waals surface area contributed by atoms with Gasteiger partial charge in [-0.3, -0.25) is 9.59 Å². The normalized spacial score (nSPS) is 24.8. The Kier molecular flexibility index (Phi) is 5.28. The lowest BCUT2D eigenvalue weighted by Crippen LogP contribution is -2.44. The Bertz CT molecular complexity index is 1680. The van der Waals surface area contributed by atoms with E-state index in [0.29, 0.717) is 35.3 Å². The number of cyclic esters (lactones) is 1. The molecule has 1 aliphatic carbocycles. The standard InChI is InChI=1S/C29H29FN4O5/c1-3-29(38)17-9-22-25-15(11-34(22)27(36)16(17)12-39-28(29)37)24-19(33-26(35)20-5-4-8-31-20)7-6-14-13(2)18(30)10-21(32-25)23(14)24/h9-10,19-20,31,38H,3-8,11-12H2,1-2H3,(H,33,35)/t19-,20+,29-/m1/s1. The van der Waals surface area contributed by atoms with Crippen LogP contribution in [0.1, 0.15) is 72.0 Å². The molecule has 1 amide bonds. The first-order valence-corrected chi connectivity index (χ1v) is 13.6. The van der Waals surface area contributed by atoms with Crippen LogP contribution in [0, 0.1) is 12.7 Å². The van der Waals surface area contributed by atoms with Crippen molar-refractivity contribution in [1.82, 2.24) is 20.2 Å². The first kappa shape index (κ1) is 24.4. The van der Waals surface area contributed by atoms with E-state index in [0.717, 1.165) is 41.5 Å².